The Morgan fingerprint density at radius 2 is 2.07 bits per heavy atom. The Balaban J connectivity index is 1.52. The molecule has 148 valence electrons. The predicted octanol–water partition coefficient (Wildman–Crippen LogP) is 0.936. The number of carbonyl (C=O) groups excluding carboxylic acids is 3. The molecule has 1 saturated heterocycles. The lowest BCUT2D eigenvalue weighted by Gasteiger charge is -2.33. The third kappa shape index (κ3) is 4.87. The molecular formula is C19H21N3O6. The van der Waals surface area contributed by atoms with Crippen molar-refractivity contribution in [2.24, 2.45) is 0 Å². The zero-order valence-electron chi connectivity index (χ0n) is 15.4. The van der Waals surface area contributed by atoms with E-state index in [9.17, 15) is 14.4 Å². The summed E-state index contributed by atoms with van der Waals surface area (Å²) in [7, 11) is 0. The van der Waals surface area contributed by atoms with Gasteiger partial charge in [-0.25, -0.2) is 0 Å². The number of benzene rings is 1. The van der Waals surface area contributed by atoms with E-state index in [0.717, 1.165) is 0 Å². The number of piperazine rings is 1. The van der Waals surface area contributed by atoms with Crippen LogP contribution in [0, 0.1) is 6.92 Å². The summed E-state index contributed by atoms with van der Waals surface area (Å²) in [6.07, 6.45) is -0.254. The van der Waals surface area contributed by atoms with Gasteiger partial charge in [-0.2, -0.15) is 0 Å². The lowest BCUT2D eigenvalue weighted by molar-refractivity contribution is -0.148. The molecule has 9 heteroatoms. The van der Waals surface area contributed by atoms with Crippen LogP contribution >= 0.6 is 0 Å². The van der Waals surface area contributed by atoms with Gasteiger partial charge in [0.15, 0.2) is 0 Å². The number of nitrogens with one attached hydrogen (secondary N) is 1. The highest BCUT2D eigenvalue weighted by atomic mass is 16.6. The van der Waals surface area contributed by atoms with Gasteiger partial charge in [0.2, 0.25) is 11.7 Å². The van der Waals surface area contributed by atoms with Gasteiger partial charge in [0, 0.05) is 19.2 Å². The number of aromatic nitrogens is 1. The molecule has 1 unspecified atom stereocenters. The minimum Gasteiger partial charge on any atom is -0.490 e. The van der Waals surface area contributed by atoms with Crippen molar-refractivity contribution < 1.29 is 28.4 Å². The predicted molar refractivity (Wildman–Crippen MR) is 96.6 cm³/mol. The third-order valence-electron chi connectivity index (χ3n) is 4.15. The Hall–Kier alpha value is -3.36. The van der Waals surface area contributed by atoms with E-state index in [2.05, 4.69) is 10.5 Å². The first kappa shape index (κ1) is 19.4. The summed E-state index contributed by atoms with van der Waals surface area (Å²) in [4.78, 5) is 38.3. The fourth-order valence-corrected chi connectivity index (χ4v) is 2.82. The summed E-state index contributed by atoms with van der Waals surface area (Å²) in [5.41, 5.74) is 0.555. The number of nitrogens with zero attached hydrogens (tertiary/aromatic N) is 2. The van der Waals surface area contributed by atoms with Crippen LogP contribution < -0.4 is 10.1 Å². The molecule has 2 amide bonds. The number of hydrogen-bond acceptors (Lipinski definition) is 7. The van der Waals surface area contributed by atoms with E-state index in [0.29, 0.717) is 18.0 Å². The van der Waals surface area contributed by atoms with E-state index in [4.69, 9.17) is 14.0 Å². The first-order valence-electron chi connectivity index (χ1n) is 8.90. The molecule has 2 aromatic rings. The van der Waals surface area contributed by atoms with Crippen molar-refractivity contribution >= 4 is 17.8 Å². The number of ether oxygens (including phenoxy) is 2. The van der Waals surface area contributed by atoms with Gasteiger partial charge in [0.25, 0.3) is 5.91 Å². The average molecular weight is 387 g/mol. The number of amides is 2. The standard InChI is InChI=1S/C19H21N3O6/c1-13-11-16(28-21-13)19(25)22-8-7-20-18(24)15(22)12-17(23)27-10-9-26-14-5-3-2-4-6-14/h2-6,11,15H,7-10,12H2,1H3,(H,20,24). The highest BCUT2D eigenvalue weighted by Crippen LogP contribution is 2.15. The van der Waals surface area contributed by atoms with Gasteiger partial charge in [-0.3, -0.25) is 14.4 Å². The summed E-state index contributed by atoms with van der Waals surface area (Å²) >= 11 is 0. The number of aryl methyl sites for hydroxylation is 1. The summed E-state index contributed by atoms with van der Waals surface area (Å²) < 4.78 is 15.6. The number of carbonyl (C=O) groups is 3. The quantitative estimate of drug-likeness (QED) is 0.556. The molecule has 0 aliphatic carbocycles. The van der Waals surface area contributed by atoms with Crippen molar-refractivity contribution in [2.75, 3.05) is 26.3 Å². The third-order valence-corrected chi connectivity index (χ3v) is 4.15. The zero-order valence-corrected chi connectivity index (χ0v) is 15.4. The van der Waals surface area contributed by atoms with E-state index in [1.807, 2.05) is 18.2 Å². The second kappa shape index (κ2) is 9.03. The molecule has 0 spiro atoms. The minimum absolute atomic E-state index is 0.0295. The van der Waals surface area contributed by atoms with Crippen LogP contribution in [0.1, 0.15) is 22.7 Å². The van der Waals surface area contributed by atoms with Crippen LogP contribution in [0.5, 0.6) is 5.75 Å². The maximum absolute atomic E-state index is 12.6. The minimum atomic E-state index is -0.964. The van der Waals surface area contributed by atoms with Crippen LogP contribution in [0.3, 0.4) is 0 Å². The van der Waals surface area contributed by atoms with Crippen LogP contribution in [0.25, 0.3) is 0 Å². The molecule has 1 aromatic heterocycles. The fraction of sp³-hybridized carbons (Fsp3) is 0.368. The smallest absolute Gasteiger partial charge is 0.308 e. The largest absolute Gasteiger partial charge is 0.490 e. The van der Waals surface area contributed by atoms with Crippen LogP contribution in [0.2, 0.25) is 0 Å². The second-order valence-corrected chi connectivity index (χ2v) is 6.22. The Labute approximate surface area is 161 Å². The summed E-state index contributed by atoms with van der Waals surface area (Å²) in [6, 6.07) is 9.66. The van der Waals surface area contributed by atoms with Gasteiger partial charge >= 0.3 is 5.97 Å². The molecule has 2 heterocycles. The number of hydrogen-bond donors (Lipinski definition) is 1. The first-order valence-corrected chi connectivity index (χ1v) is 8.90. The number of para-hydroxylation sites is 1. The maximum atomic E-state index is 12.6. The van der Waals surface area contributed by atoms with E-state index in [-0.39, 0.29) is 31.9 Å². The van der Waals surface area contributed by atoms with E-state index < -0.39 is 23.8 Å². The second-order valence-electron chi connectivity index (χ2n) is 6.22. The molecule has 9 nitrogen and oxygen atoms in total. The summed E-state index contributed by atoms with van der Waals surface area (Å²) in [5, 5.41) is 6.34. The molecule has 1 aliphatic rings. The first-order chi connectivity index (χ1) is 13.5. The van der Waals surface area contributed by atoms with Gasteiger partial charge in [0.1, 0.15) is 25.0 Å². The van der Waals surface area contributed by atoms with E-state index in [1.165, 1.54) is 11.0 Å². The van der Waals surface area contributed by atoms with Crippen molar-refractivity contribution in [3.63, 3.8) is 0 Å². The lowest BCUT2D eigenvalue weighted by Crippen LogP contribution is -2.57. The van der Waals surface area contributed by atoms with Gasteiger partial charge in [-0.1, -0.05) is 23.4 Å². The van der Waals surface area contributed by atoms with Crippen molar-refractivity contribution in [1.29, 1.82) is 0 Å². The molecule has 1 atom stereocenters. The SMILES string of the molecule is Cc1cc(C(=O)N2CCNC(=O)C2CC(=O)OCCOc2ccccc2)on1. The highest BCUT2D eigenvalue weighted by Gasteiger charge is 2.36. The van der Waals surface area contributed by atoms with Crippen molar-refractivity contribution in [3.8, 4) is 5.75 Å². The molecule has 3 rings (SSSR count). The highest BCUT2D eigenvalue weighted by molar-refractivity contribution is 5.97. The molecule has 1 aliphatic heterocycles. The van der Waals surface area contributed by atoms with Crippen LogP contribution in [-0.4, -0.2) is 60.2 Å². The number of rotatable bonds is 7. The van der Waals surface area contributed by atoms with Gasteiger partial charge in [-0.15, -0.1) is 0 Å². The Morgan fingerprint density at radius 3 is 2.79 bits per heavy atom. The average Bonchev–Trinajstić information content (AvgIpc) is 3.13. The molecule has 1 aromatic carbocycles. The van der Waals surface area contributed by atoms with Crippen LogP contribution in [0.4, 0.5) is 0 Å². The molecular weight excluding hydrogens is 366 g/mol. The molecule has 28 heavy (non-hydrogen) atoms. The van der Waals surface area contributed by atoms with E-state index >= 15 is 0 Å². The van der Waals surface area contributed by atoms with Crippen LogP contribution in [0.15, 0.2) is 40.9 Å². The Bertz CT molecular complexity index is 835. The lowest BCUT2D eigenvalue weighted by atomic mass is 10.1. The van der Waals surface area contributed by atoms with Gasteiger partial charge in [-0.05, 0) is 19.1 Å². The zero-order chi connectivity index (χ0) is 19.9. The van der Waals surface area contributed by atoms with E-state index in [1.54, 1.807) is 19.1 Å². The topological polar surface area (TPSA) is 111 Å². The van der Waals surface area contributed by atoms with Gasteiger partial charge < -0.3 is 24.2 Å². The molecule has 1 N–H and O–H groups in total. The normalized spacial score (nSPS) is 16.4. The Kier molecular flexibility index (Phi) is 6.25. The van der Waals surface area contributed by atoms with Crippen LogP contribution in [-0.2, 0) is 14.3 Å². The summed E-state index contributed by atoms with van der Waals surface area (Å²) in [6.45, 7) is 2.48. The molecule has 0 saturated carbocycles. The van der Waals surface area contributed by atoms with Gasteiger partial charge in [0.05, 0.1) is 12.1 Å². The Morgan fingerprint density at radius 1 is 1.29 bits per heavy atom. The molecule has 0 bridgehead atoms. The van der Waals surface area contributed by atoms with Crippen molar-refractivity contribution in [2.45, 2.75) is 19.4 Å². The van der Waals surface area contributed by atoms with Crippen molar-refractivity contribution in [3.05, 3.63) is 47.9 Å². The number of esters is 1. The van der Waals surface area contributed by atoms with Crippen molar-refractivity contribution in [1.82, 2.24) is 15.4 Å². The fourth-order valence-electron chi connectivity index (χ4n) is 2.82. The maximum Gasteiger partial charge on any atom is 0.308 e. The monoisotopic (exact) mass is 387 g/mol. The molecule has 0 radical (unpaired) electrons. The molecule has 1 fully saturated rings. The summed E-state index contributed by atoms with van der Waals surface area (Å²) in [5.74, 6) is -0.787.